The minimum Gasteiger partial charge on any atom is -0.325 e. The van der Waals surface area contributed by atoms with Crippen molar-refractivity contribution >= 4 is 34.1 Å². The van der Waals surface area contributed by atoms with Gasteiger partial charge in [-0.05, 0) is 41.3 Å². The molecule has 0 aliphatic carbocycles. The summed E-state index contributed by atoms with van der Waals surface area (Å²) >= 11 is 1.70. The third kappa shape index (κ3) is 3.72. The molecule has 0 spiro atoms. The Kier molecular flexibility index (Phi) is 4.82. The van der Waals surface area contributed by atoms with Crippen LogP contribution in [-0.2, 0) is 4.79 Å². The minimum absolute atomic E-state index is 0.121. The van der Waals surface area contributed by atoms with Gasteiger partial charge in [-0.25, -0.2) is 0 Å². The van der Waals surface area contributed by atoms with Crippen molar-refractivity contribution in [2.45, 2.75) is 12.5 Å². The van der Waals surface area contributed by atoms with Gasteiger partial charge in [0.2, 0.25) is 5.91 Å². The van der Waals surface area contributed by atoms with Crippen LogP contribution < -0.4 is 11.1 Å². The molecule has 2 aromatic rings. The molecule has 0 fully saturated rings. The molecule has 0 saturated heterocycles. The third-order valence-corrected chi connectivity index (χ3v) is 3.63. The SMILES string of the molecule is CSCCC(N)C(=O)Nc1ccc2ccccc2c1. The Balaban J connectivity index is 2.06. The van der Waals surface area contributed by atoms with Gasteiger partial charge < -0.3 is 11.1 Å². The van der Waals surface area contributed by atoms with E-state index in [0.717, 1.165) is 22.2 Å². The van der Waals surface area contributed by atoms with Gasteiger partial charge >= 0.3 is 0 Å². The zero-order valence-electron chi connectivity index (χ0n) is 10.9. The Bertz CT molecular complexity index is 571. The number of anilines is 1. The molecule has 0 saturated carbocycles. The first kappa shape index (κ1) is 13.9. The van der Waals surface area contributed by atoms with Crippen molar-refractivity contribution in [2.24, 2.45) is 5.73 Å². The van der Waals surface area contributed by atoms with E-state index in [1.807, 2.05) is 48.7 Å². The fourth-order valence-electron chi connectivity index (χ4n) is 1.88. The van der Waals surface area contributed by atoms with Crippen LogP contribution in [0.4, 0.5) is 5.69 Å². The van der Waals surface area contributed by atoms with E-state index in [1.165, 1.54) is 0 Å². The van der Waals surface area contributed by atoms with Gasteiger partial charge in [0.25, 0.3) is 0 Å². The average molecular weight is 274 g/mol. The number of amides is 1. The fourth-order valence-corrected chi connectivity index (χ4v) is 2.37. The molecule has 0 bridgehead atoms. The van der Waals surface area contributed by atoms with Gasteiger partial charge in [-0.15, -0.1) is 0 Å². The van der Waals surface area contributed by atoms with Crippen molar-refractivity contribution in [3.8, 4) is 0 Å². The fraction of sp³-hybridized carbons (Fsp3) is 0.267. The highest BCUT2D eigenvalue weighted by atomic mass is 32.2. The summed E-state index contributed by atoms with van der Waals surface area (Å²) in [5.74, 6) is 0.774. The second-order valence-electron chi connectivity index (χ2n) is 4.44. The molecule has 0 aliphatic rings. The molecule has 100 valence electrons. The van der Waals surface area contributed by atoms with Gasteiger partial charge in [0.05, 0.1) is 6.04 Å². The lowest BCUT2D eigenvalue weighted by molar-refractivity contribution is -0.117. The summed E-state index contributed by atoms with van der Waals surface area (Å²) in [5, 5.41) is 5.14. The van der Waals surface area contributed by atoms with Crippen molar-refractivity contribution in [3.63, 3.8) is 0 Å². The maximum absolute atomic E-state index is 11.9. The van der Waals surface area contributed by atoms with E-state index in [2.05, 4.69) is 5.32 Å². The van der Waals surface area contributed by atoms with Crippen molar-refractivity contribution in [2.75, 3.05) is 17.3 Å². The number of thioether (sulfide) groups is 1. The first-order valence-corrected chi connectivity index (χ1v) is 7.64. The molecule has 1 amide bonds. The minimum atomic E-state index is -0.445. The van der Waals surface area contributed by atoms with Crippen LogP contribution in [0.1, 0.15) is 6.42 Å². The van der Waals surface area contributed by atoms with Crippen LogP contribution in [-0.4, -0.2) is 24.0 Å². The lowest BCUT2D eigenvalue weighted by Crippen LogP contribution is -2.36. The van der Waals surface area contributed by atoms with Gasteiger partial charge in [-0.1, -0.05) is 30.3 Å². The van der Waals surface area contributed by atoms with E-state index in [0.29, 0.717) is 6.42 Å². The molecule has 0 aromatic heterocycles. The summed E-state index contributed by atoms with van der Waals surface area (Å²) in [6, 6.07) is 13.5. The van der Waals surface area contributed by atoms with Crippen LogP contribution in [0.15, 0.2) is 42.5 Å². The maximum atomic E-state index is 11.9. The molecule has 4 heteroatoms. The average Bonchev–Trinajstić information content (AvgIpc) is 2.44. The van der Waals surface area contributed by atoms with Gasteiger partial charge in [-0.3, -0.25) is 4.79 Å². The summed E-state index contributed by atoms with van der Waals surface area (Å²) in [7, 11) is 0. The molecule has 2 rings (SSSR count). The first-order chi connectivity index (χ1) is 9.20. The van der Waals surface area contributed by atoms with Crippen LogP contribution >= 0.6 is 11.8 Å². The Morgan fingerprint density at radius 3 is 2.74 bits per heavy atom. The van der Waals surface area contributed by atoms with Crippen LogP contribution in [0.25, 0.3) is 10.8 Å². The highest BCUT2D eigenvalue weighted by Crippen LogP contribution is 2.19. The monoisotopic (exact) mass is 274 g/mol. The number of hydrogen-bond donors (Lipinski definition) is 2. The van der Waals surface area contributed by atoms with Crippen molar-refractivity contribution in [1.29, 1.82) is 0 Å². The normalized spacial score (nSPS) is 12.3. The van der Waals surface area contributed by atoms with E-state index >= 15 is 0 Å². The van der Waals surface area contributed by atoms with Crippen molar-refractivity contribution in [3.05, 3.63) is 42.5 Å². The Labute approximate surface area is 117 Å². The summed E-state index contributed by atoms with van der Waals surface area (Å²) in [4.78, 5) is 11.9. The van der Waals surface area contributed by atoms with Crippen LogP contribution in [0, 0.1) is 0 Å². The van der Waals surface area contributed by atoms with E-state index in [-0.39, 0.29) is 5.91 Å². The Morgan fingerprint density at radius 1 is 1.26 bits per heavy atom. The van der Waals surface area contributed by atoms with Gasteiger partial charge in [0, 0.05) is 5.69 Å². The Morgan fingerprint density at radius 2 is 2.00 bits per heavy atom. The van der Waals surface area contributed by atoms with Gasteiger partial charge in [-0.2, -0.15) is 11.8 Å². The molecule has 3 nitrogen and oxygen atoms in total. The van der Waals surface area contributed by atoms with E-state index in [9.17, 15) is 4.79 Å². The van der Waals surface area contributed by atoms with E-state index in [1.54, 1.807) is 11.8 Å². The quantitative estimate of drug-likeness (QED) is 0.881. The number of rotatable bonds is 5. The van der Waals surface area contributed by atoms with E-state index < -0.39 is 6.04 Å². The first-order valence-electron chi connectivity index (χ1n) is 6.25. The number of carbonyl (C=O) groups excluding carboxylic acids is 1. The topological polar surface area (TPSA) is 55.1 Å². The third-order valence-electron chi connectivity index (χ3n) is 2.99. The maximum Gasteiger partial charge on any atom is 0.241 e. The zero-order chi connectivity index (χ0) is 13.7. The molecule has 19 heavy (non-hydrogen) atoms. The van der Waals surface area contributed by atoms with Crippen LogP contribution in [0.5, 0.6) is 0 Å². The molecule has 1 atom stereocenters. The van der Waals surface area contributed by atoms with Crippen molar-refractivity contribution < 1.29 is 4.79 Å². The number of benzene rings is 2. The highest BCUT2D eigenvalue weighted by molar-refractivity contribution is 7.98. The molecule has 0 heterocycles. The molecule has 0 aliphatic heterocycles. The second-order valence-corrected chi connectivity index (χ2v) is 5.42. The predicted molar refractivity (Wildman–Crippen MR) is 83.6 cm³/mol. The van der Waals surface area contributed by atoms with Crippen LogP contribution in [0.3, 0.4) is 0 Å². The molecule has 1 unspecified atom stereocenters. The molecule has 2 aromatic carbocycles. The van der Waals surface area contributed by atoms with Crippen LogP contribution in [0.2, 0.25) is 0 Å². The molecule has 3 N–H and O–H groups in total. The highest BCUT2D eigenvalue weighted by Gasteiger charge is 2.12. The predicted octanol–water partition coefficient (Wildman–Crippen LogP) is 2.86. The number of nitrogens with one attached hydrogen (secondary N) is 1. The smallest absolute Gasteiger partial charge is 0.241 e. The summed E-state index contributed by atoms with van der Waals surface area (Å²) in [6.07, 6.45) is 2.70. The lowest BCUT2D eigenvalue weighted by Gasteiger charge is -2.12. The number of nitrogens with two attached hydrogens (primary N) is 1. The second kappa shape index (κ2) is 6.59. The summed E-state index contributed by atoms with van der Waals surface area (Å²) in [5.41, 5.74) is 6.63. The molecule has 0 radical (unpaired) electrons. The number of carbonyl (C=O) groups is 1. The standard InChI is InChI=1S/C15H18N2OS/c1-19-9-8-14(16)15(18)17-13-7-6-11-4-2-3-5-12(11)10-13/h2-7,10,14H,8-9,16H2,1H3,(H,17,18). The number of fused-ring (bicyclic) bond motifs is 1. The van der Waals surface area contributed by atoms with Gasteiger partial charge in [0.1, 0.15) is 0 Å². The zero-order valence-corrected chi connectivity index (χ0v) is 11.7. The lowest BCUT2D eigenvalue weighted by atomic mass is 10.1. The summed E-state index contributed by atoms with van der Waals surface area (Å²) < 4.78 is 0. The number of hydrogen-bond acceptors (Lipinski definition) is 3. The Hall–Kier alpha value is -1.52. The van der Waals surface area contributed by atoms with Crippen molar-refractivity contribution in [1.82, 2.24) is 0 Å². The largest absolute Gasteiger partial charge is 0.325 e. The van der Waals surface area contributed by atoms with Gasteiger partial charge in [0.15, 0.2) is 0 Å². The molecular formula is C15H18N2OS. The molecular weight excluding hydrogens is 256 g/mol. The summed E-state index contributed by atoms with van der Waals surface area (Å²) in [6.45, 7) is 0. The van der Waals surface area contributed by atoms with E-state index in [4.69, 9.17) is 5.73 Å².